The molecule has 0 unspecified atom stereocenters. The fourth-order valence-electron chi connectivity index (χ4n) is 2.72. The first-order chi connectivity index (χ1) is 11.4. The molecule has 2 aromatic rings. The first kappa shape index (κ1) is 16.8. The van der Waals surface area contributed by atoms with Gasteiger partial charge in [0, 0.05) is 37.2 Å². The van der Waals surface area contributed by atoms with Crippen molar-refractivity contribution in [3.8, 4) is 0 Å². The Kier molecular flexibility index (Phi) is 4.80. The van der Waals surface area contributed by atoms with Gasteiger partial charge in [-0.05, 0) is 37.1 Å². The molecule has 2 aromatic heterocycles. The smallest absolute Gasteiger partial charge is 0.382 e. The summed E-state index contributed by atoms with van der Waals surface area (Å²) in [5.74, 6) is 0.577. The van der Waals surface area contributed by atoms with Gasteiger partial charge >= 0.3 is 6.18 Å². The lowest BCUT2D eigenvalue weighted by Gasteiger charge is -2.33. The summed E-state index contributed by atoms with van der Waals surface area (Å²) in [6.07, 6.45) is -0.0931. The highest BCUT2D eigenvalue weighted by Crippen LogP contribution is 2.30. The van der Waals surface area contributed by atoms with Crippen LogP contribution in [0, 0.1) is 0 Å². The van der Waals surface area contributed by atoms with E-state index in [1.54, 1.807) is 12.3 Å². The van der Waals surface area contributed by atoms with Crippen molar-refractivity contribution in [3.05, 3.63) is 47.4 Å². The number of halogens is 4. The Morgan fingerprint density at radius 1 is 1.12 bits per heavy atom. The lowest BCUT2D eigenvalue weighted by molar-refractivity contribution is -0.137. The zero-order valence-corrected chi connectivity index (χ0v) is 13.5. The number of hydrogen-bond donors (Lipinski definition) is 1. The number of hydrogen-bond acceptors (Lipinski definition) is 4. The average molecular weight is 357 g/mol. The molecule has 0 bridgehead atoms. The largest absolute Gasteiger partial charge is 0.417 e. The van der Waals surface area contributed by atoms with Crippen molar-refractivity contribution in [2.75, 3.05) is 23.3 Å². The summed E-state index contributed by atoms with van der Waals surface area (Å²) in [6, 6.07) is 6.42. The van der Waals surface area contributed by atoms with E-state index < -0.39 is 11.7 Å². The van der Waals surface area contributed by atoms with Crippen LogP contribution >= 0.6 is 11.6 Å². The van der Waals surface area contributed by atoms with Crippen LogP contribution < -0.4 is 10.2 Å². The number of nitrogens with one attached hydrogen (secondary N) is 1. The monoisotopic (exact) mass is 356 g/mol. The molecule has 0 amide bonds. The Hall–Kier alpha value is -2.02. The molecule has 0 atom stereocenters. The Bertz CT molecular complexity index is 682. The molecule has 1 N–H and O–H groups in total. The zero-order chi connectivity index (χ0) is 17.2. The maximum Gasteiger partial charge on any atom is 0.417 e. The van der Waals surface area contributed by atoms with Gasteiger partial charge in [-0.2, -0.15) is 13.2 Å². The predicted molar refractivity (Wildman–Crippen MR) is 87.3 cm³/mol. The second-order valence-corrected chi connectivity index (χ2v) is 6.06. The van der Waals surface area contributed by atoms with Crippen LogP contribution in [0.15, 0.2) is 36.7 Å². The molecule has 0 aliphatic carbocycles. The fourth-order valence-corrected chi connectivity index (χ4v) is 2.90. The second-order valence-electron chi connectivity index (χ2n) is 5.68. The van der Waals surface area contributed by atoms with Crippen molar-refractivity contribution in [2.45, 2.75) is 25.1 Å². The molecule has 4 nitrogen and oxygen atoms in total. The molecule has 1 saturated heterocycles. The lowest BCUT2D eigenvalue weighted by atomic mass is 10.0. The molecular formula is C16H16ClF3N4. The van der Waals surface area contributed by atoms with Crippen LogP contribution in [0.4, 0.5) is 24.7 Å². The summed E-state index contributed by atoms with van der Waals surface area (Å²) in [7, 11) is 0. The van der Waals surface area contributed by atoms with Crippen LogP contribution in [-0.4, -0.2) is 29.1 Å². The third kappa shape index (κ3) is 4.08. The maximum absolute atomic E-state index is 12.6. The van der Waals surface area contributed by atoms with E-state index in [4.69, 9.17) is 11.6 Å². The summed E-state index contributed by atoms with van der Waals surface area (Å²) < 4.78 is 37.7. The number of anilines is 2. The summed E-state index contributed by atoms with van der Waals surface area (Å²) in [6.45, 7) is 1.46. The molecule has 1 aliphatic rings. The molecular weight excluding hydrogens is 341 g/mol. The van der Waals surface area contributed by atoms with Crippen LogP contribution in [0.1, 0.15) is 18.4 Å². The van der Waals surface area contributed by atoms with Gasteiger partial charge in [-0.25, -0.2) is 9.97 Å². The summed E-state index contributed by atoms with van der Waals surface area (Å²) >= 11 is 5.86. The van der Waals surface area contributed by atoms with E-state index in [1.807, 2.05) is 11.0 Å². The third-order valence-corrected chi connectivity index (χ3v) is 4.20. The van der Waals surface area contributed by atoms with Crippen molar-refractivity contribution >= 4 is 23.1 Å². The van der Waals surface area contributed by atoms with E-state index >= 15 is 0 Å². The Labute approximate surface area is 142 Å². The van der Waals surface area contributed by atoms with Gasteiger partial charge < -0.3 is 10.2 Å². The summed E-state index contributed by atoms with van der Waals surface area (Å²) in [5, 5.41) is 3.84. The quantitative estimate of drug-likeness (QED) is 0.836. The minimum atomic E-state index is -4.35. The van der Waals surface area contributed by atoms with Crippen molar-refractivity contribution in [2.24, 2.45) is 0 Å². The predicted octanol–water partition coefficient (Wildman–Crippen LogP) is 4.23. The molecule has 3 rings (SSSR count). The van der Waals surface area contributed by atoms with Gasteiger partial charge in [0.15, 0.2) is 0 Å². The highest BCUT2D eigenvalue weighted by atomic mass is 35.5. The van der Waals surface area contributed by atoms with Gasteiger partial charge in [0.25, 0.3) is 0 Å². The molecule has 3 heterocycles. The van der Waals surface area contributed by atoms with E-state index in [9.17, 15) is 13.2 Å². The van der Waals surface area contributed by atoms with Gasteiger partial charge in [-0.15, -0.1) is 0 Å². The minimum absolute atomic E-state index is 0.286. The molecule has 0 saturated carbocycles. The number of alkyl halides is 3. The summed E-state index contributed by atoms with van der Waals surface area (Å²) in [4.78, 5) is 9.88. The Balaban J connectivity index is 1.57. The Morgan fingerprint density at radius 3 is 2.46 bits per heavy atom. The molecule has 1 fully saturated rings. The van der Waals surface area contributed by atoms with Crippen LogP contribution in [-0.2, 0) is 6.18 Å². The lowest BCUT2D eigenvalue weighted by Crippen LogP contribution is -2.39. The van der Waals surface area contributed by atoms with Crippen LogP contribution in [0.5, 0.6) is 0 Å². The van der Waals surface area contributed by atoms with E-state index in [0.29, 0.717) is 11.0 Å². The van der Waals surface area contributed by atoms with Gasteiger partial charge in [0.05, 0.1) is 5.56 Å². The number of pyridine rings is 2. The van der Waals surface area contributed by atoms with Crippen LogP contribution in [0.2, 0.25) is 5.15 Å². The average Bonchev–Trinajstić information content (AvgIpc) is 2.55. The minimum Gasteiger partial charge on any atom is -0.382 e. The number of nitrogens with zero attached hydrogens (tertiary/aromatic N) is 3. The number of piperidine rings is 1. The molecule has 128 valence electrons. The van der Waals surface area contributed by atoms with Gasteiger partial charge in [0.2, 0.25) is 0 Å². The van der Waals surface area contributed by atoms with Crippen molar-refractivity contribution < 1.29 is 13.2 Å². The van der Waals surface area contributed by atoms with E-state index in [1.165, 1.54) is 6.07 Å². The Morgan fingerprint density at radius 2 is 1.88 bits per heavy atom. The molecule has 0 aromatic carbocycles. The first-order valence-corrected chi connectivity index (χ1v) is 7.96. The van der Waals surface area contributed by atoms with Crippen molar-refractivity contribution in [1.29, 1.82) is 0 Å². The van der Waals surface area contributed by atoms with Gasteiger partial charge in [-0.1, -0.05) is 11.6 Å². The highest BCUT2D eigenvalue weighted by molar-refractivity contribution is 6.29. The summed E-state index contributed by atoms with van der Waals surface area (Å²) in [5.41, 5.74) is 0.193. The van der Waals surface area contributed by atoms with Crippen LogP contribution in [0.25, 0.3) is 0 Å². The number of aromatic nitrogens is 2. The first-order valence-electron chi connectivity index (χ1n) is 7.58. The zero-order valence-electron chi connectivity index (χ0n) is 12.7. The third-order valence-electron chi connectivity index (χ3n) is 3.99. The van der Waals surface area contributed by atoms with E-state index in [-0.39, 0.29) is 6.04 Å². The topological polar surface area (TPSA) is 41.0 Å². The highest BCUT2D eigenvalue weighted by Gasteiger charge is 2.31. The SMILES string of the molecule is FC(F)(F)c1ccc(N2CCC(Nc3ccnc(Cl)c3)CC2)nc1. The van der Waals surface area contributed by atoms with E-state index in [0.717, 1.165) is 43.9 Å². The van der Waals surface area contributed by atoms with Crippen LogP contribution in [0.3, 0.4) is 0 Å². The fraction of sp³-hybridized carbons (Fsp3) is 0.375. The van der Waals surface area contributed by atoms with Gasteiger partial charge in [-0.3, -0.25) is 0 Å². The molecule has 1 aliphatic heterocycles. The normalized spacial score (nSPS) is 16.2. The van der Waals surface area contributed by atoms with Gasteiger partial charge in [0.1, 0.15) is 11.0 Å². The second kappa shape index (κ2) is 6.84. The maximum atomic E-state index is 12.6. The van der Waals surface area contributed by atoms with Crippen molar-refractivity contribution in [3.63, 3.8) is 0 Å². The molecule has 0 radical (unpaired) electrons. The molecule has 8 heteroatoms. The van der Waals surface area contributed by atoms with E-state index in [2.05, 4.69) is 15.3 Å². The van der Waals surface area contributed by atoms with Crippen molar-refractivity contribution in [1.82, 2.24) is 9.97 Å². The standard InChI is InChI=1S/C16H16ClF3N4/c17-14-9-13(3-6-21-14)23-12-4-7-24(8-5-12)15-2-1-11(10-22-15)16(18,19)20/h1-3,6,9-10,12H,4-5,7-8H2,(H,21,23). The number of rotatable bonds is 3. The molecule has 0 spiro atoms. The molecule has 24 heavy (non-hydrogen) atoms.